The van der Waals surface area contributed by atoms with Gasteiger partial charge in [-0.25, -0.2) is 4.79 Å². The van der Waals surface area contributed by atoms with Crippen LogP contribution in [0.5, 0.6) is 11.5 Å². The quantitative estimate of drug-likeness (QED) is 0.179. The van der Waals surface area contributed by atoms with Crippen molar-refractivity contribution in [1.29, 1.82) is 0 Å². The summed E-state index contributed by atoms with van der Waals surface area (Å²) in [4.78, 5) is 25.6. The highest BCUT2D eigenvalue weighted by Gasteiger charge is 2.25. The van der Waals surface area contributed by atoms with Crippen LogP contribution in [0.1, 0.15) is 94.1 Å². The number of methoxy groups -OCH3 is 2. The molecule has 0 heterocycles. The third kappa shape index (κ3) is 9.73. The summed E-state index contributed by atoms with van der Waals surface area (Å²) in [6.07, 6.45) is 4.12. The fourth-order valence-corrected chi connectivity index (χ4v) is 4.72. The Morgan fingerprint density at radius 2 is 1.74 bits per heavy atom. The molecule has 0 saturated heterocycles. The fourth-order valence-electron chi connectivity index (χ4n) is 4.49. The van der Waals surface area contributed by atoms with Gasteiger partial charge in [-0.2, -0.15) is 0 Å². The van der Waals surface area contributed by atoms with Gasteiger partial charge in [-0.05, 0) is 54.0 Å². The van der Waals surface area contributed by atoms with Gasteiger partial charge in [0.25, 0.3) is 0 Å². The lowest BCUT2D eigenvalue weighted by Crippen LogP contribution is -2.21. The molecule has 7 nitrogen and oxygen atoms in total. The van der Waals surface area contributed by atoms with E-state index in [1.54, 1.807) is 25.3 Å². The zero-order valence-electron chi connectivity index (χ0n) is 24.4. The predicted molar refractivity (Wildman–Crippen MR) is 157 cm³/mol. The molecular formula is C31H44ClNO6. The zero-order valence-corrected chi connectivity index (χ0v) is 25.2. The molecule has 0 aliphatic heterocycles. The first kappa shape index (κ1) is 32.4. The number of esters is 1. The van der Waals surface area contributed by atoms with E-state index in [1.807, 2.05) is 19.1 Å². The van der Waals surface area contributed by atoms with Crippen LogP contribution in [0.15, 0.2) is 30.3 Å². The number of halogens is 1. The van der Waals surface area contributed by atoms with E-state index in [0.29, 0.717) is 47.6 Å². The second-order valence-electron chi connectivity index (χ2n) is 10.5. The molecule has 0 bridgehead atoms. The lowest BCUT2D eigenvalue weighted by Gasteiger charge is -2.25. The van der Waals surface area contributed by atoms with Crippen molar-refractivity contribution in [2.75, 3.05) is 39.4 Å². The van der Waals surface area contributed by atoms with Crippen molar-refractivity contribution in [3.8, 4) is 11.5 Å². The summed E-state index contributed by atoms with van der Waals surface area (Å²) in [5.41, 5.74) is 2.54. The van der Waals surface area contributed by atoms with E-state index in [1.165, 1.54) is 7.11 Å². The molecule has 2 aromatic carbocycles. The number of hydrogen-bond donors (Lipinski definition) is 1. The maximum absolute atomic E-state index is 13.5. The van der Waals surface area contributed by atoms with Crippen LogP contribution in [0.3, 0.4) is 0 Å². The van der Waals surface area contributed by atoms with E-state index in [4.69, 9.17) is 30.5 Å². The first-order valence-electron chi connectivity index (χ1n) is 13.7. The molecule has 1 amide bonds. The van der Waals surface area contributed by atoms with Crippen LogP contribution in [-0.4, -0.2) is 45.9 Å². The van der Waals surface area contributed by atoms with Crippen LogP contribution in [0, 0.1) is 0 Å². The van der Waals surface area contributed by atoms with Crippen molar-refractivity contribution in [2.45, 2.75) is 78.1 Å². The van der Waals surface area contributed by atoms with Crippen LogP contribution in [0.4, 0.5) is 5.69 Å². The Labute approximate surface area is 238 Å². The van der Waals surface area contributed by atoms with Gasteiger partial charge in [0.05, 0.1) is 31.4 Å². The number of nitrogens with one attached hydrogen (secondary N) is 1. The van der Waals surface area contributed by atoms with E-state index in [0.717, 1.165) is 36.8 Å². The first-order chi connectivity index (χ1) is 18.5. The molecule has 0 aromatic heterocycles. The lowest BCUT2D eigenvalue weighted by atomic mass is 9.85. The van der Waals surface area contributed by atoms with Crippen LogP contribution in [0.25, 0.3) is 0 Å². The number of anilines is 1. The Kier molecular flexibility index (Phi) is 13.1. The summed E-state index contributed by atoms with van der Waals surface area (Å²) in [7, 11) is 2.95. The third-order valence-corrected chi connectivity index (χ3v) is 6.82. The van der Waals surface area contributed by atoms with E-state index < -0.39 is 5.97 Å². The van der Waals surface area contributed by atoms with Crippen molar-refractivity contribution < 1.29 is 28.5 Å². The minimum absolute atomic E-state index is 0.122. The van der Waals surface area contributed by atoms with Crippen LogP contribution < -0.4 is 14.8 Å². The van der Waals surface area contributed by atoms with Crippen molar-refractivity contribution in [2.24, 2.45) is 0 Å². The van der Waals surface area contributed by atoms with Gasteiger partial charge < -0.3 is 24.3 Å². The minimum Gasteiger partial charge on any atom is -0.496 e. The van der Waals surface area contributed by atoms with Gasteiger partial charge in [0.1, 0.15) is 18.1 Å². The van der Waals surface area contributed by atoms with E-state index in [-0.39, 0.29) is 23.7 Å². The predicted octanol–water partition coefficient (Wildman–Crippen LogP) is 7.54. The fraction of sp³-hybridized carbons (Fsp3) is 0.548. The second-order valence-corrected chi connectivity index (χ2v) is 10.9. The Hall–Kier alpha value is -2.77. The van der Waals surface area contributed by atoms with E-state index >= 15 is 0 Å². The normalized spacial score (nSPS) is 12.1. The highest BCUT2D eigenvalue weighted by Crippen LogP contribution is 2.40. The first-order valence-corrected chi connectivity index (χ1v) is 14.0. The van der Waals surface area contributed by atoms with Gasteiger partial charge >= 0.3 is 5.97 Å². The number of hydrogen-bond acceptors (Lipinski definition) is 6. The van der Waals surface area contributed by atoms with Crippen LogP contribution in [-0.2, 0) is 19.7 Å². The van der Waals surface area contributed by atoms with Gasteiger partial charge in [0.2, 0.25) is 5.91 Å². The summed E-state index contributed by atoms with van der Waals surface area (Å²) < 4.78 is 21.8. The number of carbonyl (C=O) groups excluding carboxylic acids is 2. The second kappa shape index (κ2) is 15.7. The Balaban J connectivity index is 2.36. The van der Waals surface area contributed by atoms with Gasteiger partial charge in [0, 0.05) is 24.8 Å². The van der Waals surface area contributed by atoms with Crippen molar-refractivity contribution in [3.63, 3.8) is 0 Å². The van der Waals surface area contributed by atoms with Gasteiger partial charge in [0.15, 0.2) is 0 Å². The molecule has 0 radical (unpaired) electrons. The van der Waals surface area contributed by atoms with E-state index in [2.05, 4.69) is 33.0 Å². The standard InChI is InChI=1S/C31H44ClNO6/c1-8-10-11-12-21(23-19-25(32)28(20-27(23)36-6)39-16-15-38-9-2)18-29(34)33-26-17-22(30(35)37-7)13-14-24(26)31(3,4)5/h13-14,17,19-21H,8-12,15-16,18H2,1-7H3,(H,33,34). The number of unbranched alkanes of at least 4 members (excludes halogenated alkanes) is 2. The molecule has 2 aromatic rings. The number of benzene rings is 2. The largest absolute Gasteiger partial charge is 0.496 e. The summed E-state index contributed by atoms with van der Waals surface area (Å²) in [5, 5.41) is 3.53. The highest BCUT2D eigenvalue weighted by atomic mass is 35.5. The number of amides is 1. The van der Waals surface area contributed by atoms with Crippen LogP contribution in [0.2, 0.25) is 5.02 Å². The van der Waals surface area contributed by atoms with Gasteiger partial charge in [-0.1, -0.05) is 64.6 Å². The summed E-state index contributed by atoms with van der Waals surface area (Å²) in [6, 6.07) is 8.90. The average Bonchev–Trinajstić information content (AvgIpc) is 2.90. The maximum atomic E-state index is 13.5. The molecule has 8 heteroatoms. The topological polar surface area (TPSA) is 83.1 Å². The molecule has 216 valence electrons. The Morgan fingerprint density at radius 3 is 2.36 bits per heavy atom. The monoisotopic (exact) mass is 561 g/mol. The van der Waals surface area contributed by atoms with E-state index in [9.17, 15) is 9.59 Å². The number of ether oxygens (including phenoxy) is 4. The summed E-state index contributed by atoms with van der Waals surface area (Å²) >= 11 is 6.61. The molecule has 0 aliphatic carbocycles. The molecule has 1 atom stereocenters. The number of rotatable bonds is 15. The van der Waals surface area contributed by atoms with Crippen molar-refractivity contribution in [3.05, 3.63) is 52.0 Å². The Bertz CT molecular complexity index is 1100. The summed E-state index contributed by atoms with van der Waals surface area (Å²) in [5.74, 6) is 0.417. The average molecular weight is 562 g/mol. The lowest BCUT2D eigenvalue weighted by molar-refractivity contribution is -0.116. The summed E-state index contributed by atoms with van der Waals surface area (Å²) in [6.45, 7) is 11.7. The minimum atomic E-state index is -0.452. The molecule has 0 saturated carbocycles. The molecule has 0 fully saturated rings. The zero-order chi connectivity index (χ0) is 29.0. The molecule has 1 N–H and O–H groups in total. The SMILES string of the molecule is CCCCCC(CC(=O)Nc1cc(C(=O)OC)ccc1C(C)(C)C)c1cc(Cl)c(OCCOCC)cc1OC. The van der Waals surface area contributed by atoms with Gasteiger partial charge in [-0.3, -0.25) is 4.79 Å². The maximum Gasteiger partial charge on any atom is 0.337 e. The Morgan fingerprint density at radius 1 is 1.00 bits per heavy atom. The van der Waals surface area contributed by atoms with Crippen LogP contribution >= 0.6 is 11.6 Å². The smallest absolute Gasteiger partial charge is 0.337 e. The molecule has 39 heavy (non-hydrogen) atoms. The molecule has 0 aliphatic rings. The van der Waals surface area contributed by atoms with Crippen molar-refractivity contribution >= 4 is 29.2 Å². The van der Waals surface area contributed by atoms with Crippen molar-refractivity contribution in [1.82, 2.24) is 0 Å². The molecule has 0 spiro atoms. The molecule has 1 unspecified atom stereocenters. The molecule has 2 rings (SSSR count). The highest BCUT2D eigenvalue weighted by molar-refractivity contribution is 6.32. The third-order valence-electron chi connectivity index (χ3n) is 6.52. The number of carbonyl (C=O) groups is 2. The molecular weight excluding hydrogens is 518 g/mol. The van der Waals surface area contributed by atoms with Gasteiger partial charge in [-0.15, -0.1) is 0 Å².